The minimum atomic E-state index is -0.591. The molecule has 30 heavy (non-hydrogen) atoms. The standard InChI is InChI=1S/C21H19ClN4O4/c1-13-2-4-14(5-3-13)19-23-20(30-24-19)15-8-10-25(11-9-15)21(27)16-6-7-17(22)18(12-16)26(28)29/h2-7,12,15H,8-11H2,1H3. The fourth-order valence-corrected chi connectivity index (χ4v) is 3.71. The van der Waals surface area contributed by atoms with Crippen LogP contribution in [0.2, 0.25) is 5.02 Å². The van der Waals surface area contributed by atoms with E-state index in [0.717, 1.165) is 11.1 Å². The summed E-state index contributed by atoms with van der Waals surface area (Å²) < 4.78 is 5.47. The summed E-state index contributed by atoms with van der Waals surface area (Å²) in [7, 11) is 0. The molecule has 1 aliphatic heterocycles. The van der Waals surface area contributed by atoms with Gasteiger partial charge >= 0.3 is 0 Å². The molecule has 0 radical (unpaired) electrons. The quantitative estimate of drug-likeness (QED) is 0.445. The number of nitrogens with zero attached hydrogens (tertiary/aromatic N) is 4. The first-order valence-corrected chi connectivity index (χ1v) is 9.94. The molecule has 0 N–H and O–H groups in total. The van der Waals surface area contributed by atoms with Gasteiger partial charge in [-0.25, -0.2) is 0 Å². The van der Waals surface area contributed by atoms with Crippen LogP contribution in [-0.4, -0.2) is 39.0 Å². The van der Waals surface area contributed by atoms with Crippen LogP contribution in [0.25, 0.3) is 11.4 Å². The maximum atomic E-state index is 12.8. The maximum absolute atomic E-state index is 12.8. The minimum Gasteiger partial charge on any atom is -0.339 e. The third-order valence-corrected chi connectivity index (χ3v) is 5.59. The van der Waals surface area contributed by atoms with Crippen LogP contribution >= 0.6 is 11.6 Å². The first-order valence-electron chi connectivity index (χ1n) is 9.56. The average molecular weight is 427 g/mol. The lowest BCUT2D eigenvalue weighted by Gasteiger charge is -2.30. The Morgan fingerprint density at radius 1 is 1.20 bits per heavy atom. The molecule has 0 saturated carbocycles. The molecular formula is C21H19ClN4O4. The summed E-state index contributed by atoms with van der Waals surface area (Å²) in [6.07, 6.45) is 1.36. The van der Waals surface area contributed by atoms with E-state index >= 15 is 0 Å². The second kappa shape index (κ2) is 8.23. The Kier molecular flexibility index (Phi) is 5.50. The van der Waals surface area contributed by atoms with E-state index < -0.39 is 4.92 Å². The maximum Gasteiger partial charge on any atom is 0.288 e. The van der Waals surface area contributed by atoms with Crippen molar-refractivity contribution in [2.45, 2.75) is 25.7 Å². The number of nitro benzene ring substituents is 1. The lowest BCUT2D eigenvalue weighted by molar-refractivity contribution is -0.384. The van der Waals surface area contributed by atoms with Gasteiger partial charge in [-0.15, -0.1) is 0 Å². The molecule has 0 aliphatic carbocycles. The predicted molar refractivity (Wildman–Crippen MR) is 110 cm³/mol. The summed E-state index contributed by atoms with van der Waals surface area (Å²) in [4.78, 5) is 29.4. The number of rotatable bonds is 4. The number of carbonyl (C=O) groups is 1. The van der Waals surface area contributed by atoms with Gasteiger partial charge in [-0.3, -0.25) is 14.9 Å². The van der Waals surface area contributed by atoms with Crippen LogP contribution < -0.4 is 0 Å². The summed E-state index contributed by atoms with van der Waals surface area (Å²) in [6, 6.07) is 12.0. The van der Waals surface area contributed by atoms with Gasteiger partial charge in [0, 0.05) is 36.2 Å². The van der Waals surface area contributed by atoms with Crippen molar-refractivity contribution in [3.63, 3.8) is 0 Å². The van der Waals surface area contributed by atoms with Gasteiger partial charge in [-0.2, -0.15) is 4.98 Å². The van der Waals surface area contributed by atoms with Crippen molar-refractivity contribution in [1.82, 2.24) is 15.0 Å². The highest BCUT2D eigenvalue weighted by atomic mass is 35.5. The van der Waals surface area contributed by atoms with Crippen molar-refractivity contribution in [3.8, 4) is 11.4 Å². The molecule has 0 unspecified atom stereocenters. The van der Waals surface area contributed by atoms with Gasteiger partial charge in [-0.1, -0.05) is 46.6 Å². The average Bonchev–Trinajstić information content (AvgIpc) is 3.24. The van der Waals surface area contributed by atoms with Gasteiger partial charge in [-0.05, 0) is 31.9 Å². The summed E-state index contributed by atoms with van der Waals surface area (Å²) in [5, 5.41) is 15.2. The predicted octanol–water partition coefficient (Wildman–Crippen LogP) is 4.63. The van der Waals surface area contributed by atoms with Gasteiger partial charge in [0.1, 0.15) is 5.02 Å². The first kappa shape index (κ1) is 20.0. The second-order valence-corrected chi connectivity index (χ2v) is 7.72. The number of nitro groups is 1. The molecule has 1 aliphatic rings. The monoisotopic (exact) mass is 426 g/mol. The number of hydrogen-bond donors (Lipinski definition) is 0. The van der Waals surface area contributed by atoms with E-state index in [9.17, 15) is 14.9 Å². The molecule has 1 amide bonds. The van der Waals surface area contributed by atoms with Gasteiger partial charge in [0.15, 0.2) is 0 Å². The second-order valence-electron chi connectivity index (χ2n) is 7.31. The van der Waals surface area contributed by atoms with E-state index in [4.69, 9.17) is 16.1 Å². The number of halogens is 1. The molecular weight excluding hydrogens is 408 g/mol. The number of aromatic nitrogens is 2. The minimum absolute atomic E-state index is 0.0102. The fourth-order valence-electron chi connectivity index (χ4n) is 3.52. The molecule has 0 spiro atoms. The summed E-state index contributed by atoms with van der Waals surface area (Å²) in [5.41, 5.74) is 2.04. The van der Waals surface area contributed by atoms with Gasteiger partial charge in [0.05, 0.1) is 4.92 Å². The Hall–Kier alpha value is -3.26. The molecule has 1 fully saturated rings. The molecule has 154 valence electrons. The van der Waals surface area contributed by atoms with Crippen molar-refractivity contribution in [2.75, 3.05) is 13.1 Å². The smallest absolute Gasteiger partial charge is 0.288 e. The Labute approximate surface area is 177 Å². The van der Waals surface area contributed by atoms with Crippen LogP contribution in [-0.2, 0) is 0 Å². The number of amides is 1. The van der Waals surface area contributed by atoms with Gasteiger partial charge < -0.3 is 9.42 Å². The van der Waals surface area contributed by atoms with Crippen molar-refractivity contribution in [3.05, 3.63) is 74.6 Å². The largest absolute Gasteiger partial charge is 0.339 e. The summed E-state index contributed by atoms with van der Waals surface area (Å²) in [6.45, 7) is 3.02. The highest BCUT2D eigenvalue weighted by Crippen LogP contribution is 2.30. The molecule has 1 saturated heterocycles. The van der Waals surface area contributed by atoms with Crippen LogP contribution in [0.15, 0.2) is 47.0 Å². The molecule has 1 aromatic heterocycles. The molecule has 8 nitrogen and oxygen atoms in total. The van der Waals surface area contributed by atoms with Crippen LogP contribution in [0.3, 0.4) is 0 Å². The third kappa shape index (κ3) is 4.04. The normalized spacial score (nSPS) is 14.7. The lowest BCUT2D eigenvalue weighted by atomic mass is 9.96. The molecule has 2 heterocycles. The highest BCUT2D eigenvalue weighted by Gasteiger charge is 2.29. The Balaban J connectivity index is 1.42. The molecule has 0 atom stereocenters. The van der Waals surface area contributed by atoms with E-state index in [-0.39, 0.29) is 28.1 Å². The molecule has 0 bridgehead atoms. The Morgan fingerprint density at radius 3 is 2.57 bits per heavy atom. The zero-order valence-corrected chi connectivity index (χ0v) is 17.0. The van der Waals surface area contributed by atoms with E-state index in [1.807, 2.05) is 31.2 Å². The van der Waals surface area contributed by atoms with Crippen molar-refractivity contribution in [2.24, 2.45) is 0 Å². The third-order valence-electron chi connectivity index (χ3n) is 5.27. The van der Waals surface area contributed by atoms with Crippen LogP contribution in [0.1, 0.15) is 40.6 Å². The van der Waals surface area contributed by atoms with E-state index in [0.29, 0.717) is 37.6 Å². The van der Waals surface area contributed by atoms with Crippen molar-refractivity contribution < 1.29 is 14.2 Å². The SMILES string of the molecule is Cc1ccc(-c2noc(C3CCN(C(=O)c4ccc(Cl)c([N+](=O)[O-])c4)CC3)n2)cc1. The highest BCUT2D eigenvalue weighted by molar-refractivity contribution is 6.32. The molecule has 9 heteroatoms. The van der Waals surface area contributed by atoms with E-state index in [1.54, 1.807) is 4.90 Å². The van der Waals surface area contributed by atoms with Crippen molar-refractivity contribution >= 4 is 23.2 Å². The summed E-state index contributed by atoms with van der Waals surface area (Å²) in [5.74, 6) is 0.941. The van der Waals surface area contributed by atoms with Crippen LogP contribution in [0, 0.1) is 17.0 Å². The zero-order chi connectivity index (χ0) is 21.3. The number of carbonyl (C=O) groups excluding carboxylic acids is 1. The van der Waals surface area contributed by atoms with Crippen LogP contribution in [0.4, 0.5) is 5.69 Å². The topological polar surface area (TPSA) is 102 Å². The van der Waals surface area contributed by atoms with Gasteiger partial charge in [0.2, 0.25) is 11.7 Å². The first-order chi connectivity index (χ1) is 14.4. The zero-order valence-electron chi connectivity index (χ0n) is 16.2. The molecule has 2 aromatic carbocycles. The van der Waals surface area contributed by atoms with Gasteiger partial charge in [0.25, 0.3) is 11.6 Å². The number of piperidine rings is 1. The lowest BCUT2D eigenvalue weighted by Crippen LogP contribution is -2.38. The van der Waals surface area contributed by atoms with E-state index in [1.165, 1.54) is 18.2 Å². The fraction of sp³-hybridized carbons (Fsp3) is 0.286. The number of benzene rings is 2. The molecule has 4 rings (SSSR count). The Morgan fingerprint density at radius 2 is 1.90 bits per heavy atom. The van der Waals surface area contributed by atoms with Crippen LogP contribution in [0.5, 0.6) is 0 Å². The number of hydrogen-bond acceptors (Lipinski definition) is 6. The molecule has 3 aromatic rings. The number of aryl methyl sites for hydroxylation is 1. The summed E-state index contributed by atoms with van der Waals surface area (Å²) >= 11 is 5.83. The Bertz CT molecular complexity index is 1090. The number of likely N-dealkylation sites (tertiary alicyclic amines) is 1. The van der Waals surface area contributed by atoms with Crippen molar-refractivity contribution in [1.29, 1.82) is 0 Å². The van der Waals surface area contributed by atoms with E-state index in [2.05, 4.69) is 10.1 Å².